The lowest BCUT2D eigenvalue weighted by Gasteiger charge is -2.26. The van der Waals surface area contributed by atoms with Crippen LogP contribution in [0.1, 0.15) is 44.2 Å². The molecule has 6 nitrogen and oxygen atoms in total. The van der Waals surface area contributed by atoms with E-state index in [1.54, 1.807) is 0 Å². The normalized spacial score (nSPS) is 22.9. The van der Waals surface area contributed by atoms with Crippen molar-refractivity contribution in [3.63, 3.8) is 0 Å². The largest absolute Gasteiger partial charge is 0.376 e. The van der Waals surface area contributed by atoms with Gasteiger partial charge in [-0.15, -0.1) is 0 Å². The second-order valence-electron chi connectivity index (χ2n) is 8.09. The molecule has 0 radical (unpaired) electrons. The van der Waals surface area contributed by atoms with E-state index in [0.717, 1.165) is 26.0 Å². The fourth-order valence-electron chi connectivity index (χ4n) is 3.87. The van der Waals surface area contributed by atoms with Gasteiger partial charge in [0, 0.05) is 25.1 Å². The van der Waals surface area contributed by atoms with E-state index in [2.05, 4.69) is 41.9 Å². The van der Waals surface area contributed by atoms with Crippen LogP contribution in [0.5, 0.6) is 0 Å². The van der Waals surface area contributed by atoms with Crippen molar-refractivity contribution in [3.05, 3.63) is 35.4 Å². The first-order chi connectivity index (χ1) is 13.0. The molecule has 2 heterocycles. The number of benzene rings is 1. The number of fused-ring (bicyclic) bond motifs is 1. The summed E-state index contributed by atoms with van der Waals surface area (Å²) >= 11 is 0. The van der Waals surface area contributed by atoms with Crippen molar-refractivity contribution in [3.8, 4) is 0 Å². The zero-order valence-corrected chi connectivity index (χ0v) is 16.4. The van der Waals surface area contributed by atoms with Crippen LogP contribution in [0.4, 0.5) is 0 Å². The van der Waals surface area contributed by atoms with E-state index < -0.39 is 6.04 Å². The number of quaternary nitrogens is 1. The van der Waals surface area contributed by atoms with Crippen molar-refractivity contribution >= 4 is 11.8 Å². The molecule has 0 spiro atoms. The lowest BCUT2D eigenvalue weighted by atomic mass is 9.95. The third-order valence-electron chi connectivity index (χ3n) is 5.39. The Balaban J connectivity index is 1.56. The summed E-state index contributed by atoms with van der Waals surface area (Å²) < 4.78 is 5.57. The molecule has 27 heavy (non-hydrogen) atoms. The van der Waals surface area contributed by atoms with Crippen molar-refractivity contribution in [2.45, 2.75) is 64.3 Å². The Bertz CT molecular complexity index is 656. The molecule has 1 aromatic rings. The lowest BCUT2D eigenvalue weighted by molar-refractivity contribution is -0.695. The van der Waals surface area contributed by atoms with Gasteiger partial charge in [0.05, 0.1) is 6.10 Å². The van der Waals surface area contributed by atoms with Gasteiger partial charge in [0.2, 0.25) is 5.91 Å². The molecule has 2 amide bonds. The van der Waals surface area contributed by atoms with Crippen LogP contribution >= 0.6 is 0 Å². The summed E-state index contributed by atoms with van der Waals surface area (Å²) in [6, 6.07) is 7.57. The van der Waals surface area contributed by atoms with E-state index in [4.69, 9.17) is 4.74 Å². The van der Waals surface area contributed by atoms with Gasteiger partial charge in [0.25, 0.3) is 5.91 Å². The zero-order valence-electron chi connectivity index (χ0n) is 16.4. The number of hydrogen-bond acceptors (Lipinski definition) is 3. The summed E-state index contributed by atoms with van der Waals surface area (Å²) in [5.74, 6) is 0.158. The highest BCUT2D eigenvalue weighted by Crippen LogP contribution is 2.14. The molecule has 3 atom stereocenters. The molecule has 0 saturated carbocycles. The van der Waals surface area contributed by atoms with Crippen LogP contribution in [-0.4, -0.2) is 43.2 Å². The van der Waals surface area contributed by atoms with E-state index in [0.29, 0.717) is 25.3 Å². The Morgan fingerprint density at radius 3 is 2.74 bits per heavy atom. The van der Waals surface area contributed by atoms with E-state index in [9.17, 15) is 9.59 Å². The summed E-state index contributed by atoms with van der Waals surface area (Å²) in [5, 5.41) is 8.03. The third kappa shape index (κ3) is 5.53. The Morgan fingerprint density at radius 2 is 2.04 bits per heavy atom. The monoisotopic (exact) mass is 374 g/mol. The minimum Gasteiger partial charge on any atom is -0.376 e. The summed E-state index contributed by atoms with van der Waals surface area (Å²) in [6.45, 7) is 6.22. The first-order valence-corrected chi connectivity index (χ1v) is 10.1. The molecule has 0 aromatic heterocycles. The summed E-state index contributed by atoms with van der Waals surface area (Å²) in [4.78, 5) is 25.5. The molecular formula is C21H32N3O3+. The first kappa shape index (κ1) is 19.8. The maximum absolute atomic E-state index is 12.8. The Labute approximate surface area is 161 Å². The van der Waals surface area contributed by atoms with Gasteiger partial charge in [-0.1, -0.05) is 38.1 Å². The Kier molecular flexibility index (Phi) is 6.85. The van der Waals surface area contributed by atoms with Crippen LogP contribution in [0, 0.1) is 5.92 Å². The molecule has 0 bridgehead atoms. The van der Waals surface area contributed by atoms with Crippen molar-refractivity contribution in [2.24, 2.45) is 5.92 Å². The van der Waals surface area contributed by atoms with Gasteiger partial charge in [-0.3, -0.25) is 9.59 Å². The highest BCUT2D eigenvalue weighted by Gasteiger charge is 2.31. The number of nitrogens with two attached hydrogens (primary N) is 1. The average molecular weight is 375 g/mol. The smallest absolute Gasteiger partial charge is 0.279 e. The van der Waals surface area contributed by atoms with Crippen LogP contribution in [0.2, 0.25) is 0 Å². The van der Waals surface area contributed by atoms with Crippen LogP contribution in [0.25, 0.3) is 0 Å². The number of amides is 2. The first-order valence-electron chi connectivity index (χ1n) is 10.1. The fraction of sp³-hybridized carbons (Fsp3) is 0.619. The minimum atomic E-state index is -0.496. The van der Waals surface area contributed by atoms with Gasteiger partial charge in [0.1, 0.15) is 12.6 Å². The van der Waals surface area contributed by atoms with Crippen molar-refractivity contribution in [2.75, 3.05) is 13.2 Å². The van der Waals surface area contributed by atoms with Crippen LogP contribution in [-0.2, 0) is 27.3 Å². The zero-order chi connectivity index (χ0) is 19.2. The van der Waals surface area contributed by atoms with Gasteiger partial charge in [-0.25, -0.2) is 0 Å². The van der Waals surface area contributed by atoms with Gasteiger partial charge in [-0.05, 0) is 30.7 Å². The van der Waals surface area contributed by atoms with E-state index in [1.165, 1.54) is 11.1 Å². The number of rotatable bonds is 7. The summed E-state index contributed by atoms with van der Waals surface area (Å²) in [6.07, 6.45) is 3.47. The van der Waals surface area contributed by atoms with E-state index in [1.807, 2.05) is 12.1 Å². The minimum absolute atomic E-state index is 0.0533. The van der Waals surface area contributed by atoms with Crippen LogP contribution in [0.3, 0.4) is 0 Å². The SMILES string of the molecule is CC(C)C[C@H](NC(=O)[C@@H]1Cc2ccccc2C[NH2+]1)C(=O)NC[C@H]1CCCO1. The molecular weight excluding hydrogens is 342 g/mol. The van der Waals surface area contributed by atoms with E-state index >= 15 is 0 Å². The van der Waals surface area contributed by atoms with Crippen molar-refractivity contribution < 1.29 is 19.6 Å². The number of ether oxygens (including phenoxy) is 1. The van der Waals surface area contributed by atoms with Gasteiger partial charge < -0.3 is 20.7 Å². The topological polar surface area (TPSA) is 84.0 Å². The molecule has 2 aliphatic rings. The maximum Gasteiger partial charge on any atom is 0.279 e. The Morgan fingerprint density at radius 1 is 1.26 bits per heavy atom. The predicted octanol–water partition coefficient (Wildman–Crippen LogP) is 0.501. The molecule has 4 N–H and O–H groups in total. The van der Waals surface area contributed by atoms with Crippen LogP contribution in [0.15, 0.2) is 24.3 Å². The van der Waals surface area contributed by atoms with Crippen molar-refractivity contribution in [1.82, 2.24) is 10.6 Å². The molecule has 3 rings (SSSR count). The van der Waals surface area contributed by atoms with Crippen molar-refractivity contribution in [1.29, 1.82) is 0 Å². The van der Waals surface area contributed by atoms with Gasteiger partial charge in [-0.2, -0.15) is 0 Å². The van der Waals surface area contributed by atoms with E-state index in [-0.39, 0.29) is 24.0 Å². The molecule has 2 aliphatic heterocycles. The number of hydrogen-bond donors (Lipinski definition) is 3. The molecule has 6 heteroatoms. The Hall–Kier alpha value is -1.92. The van der Waals surface area contributed by atoms with Gasteiger partial charge in [0.15, 0.2) is 6.04 Å². The molecule has 0 aliphatic carbocycles. The number of carbonyl (C=O) groups is 2. The number of nitrogens with one attached hydrogen (secondary N) is 2. The highest BCUT2D eigenvalue weighted by molar-refractivity contribution is 5.89. The lowest BCUT2D eigenvalue weighted by Crippen LogP contribution is -2.93. The van der Waals surface area contributed by atoms with Gasteiger partial charge >= 0.3 is 0 Å². The molecule has 148 valence electrons. The predicted molar refractivity (Wildman–Crippen MR) is 103 cm³/mol. The standard InChI is InChI=1S/C21H31N3O3/c1-14(2)10-19(20(25)23-13-17-8-5-9-27-17)24-21(26)18-11-15-6-3-4-7-16(15)12-22-18/h3-4,6-7,14,17-19,22H,5,8-13H2,1-2H3,(H,23,25)(H,24,26)/p+1/t17-,18+,19+/m1/s1. The summed E-state index contributed by atoms with van der Waals surface area (Å²) in [5.41, 5.74) is 2.51. The second-order valence-corrected chi connectivity index (χ2v) is 8.09. The fourth-order valence-corrected chi connectivity index (χ4v) is 3.87. The molecule has 1 fully saturated rings. The molecule has 1 saturated heterocycles. The quantitative estimate of drug-likeness (QED) is 0.650. The average Bonchev–Trinajstić information content (AvgIpc) is 3.18. The second kappa shape index (κ2) is 9.33. The summed E-state index contributed by atoms with van der Waals surface area (Å²) in [7, 11) is 0. The maximum atomic E-state index is 12.8. The highest BCUT2D eigenvalue weighted by atomic mass is 16.5. The molecule has 1 aromatic carbocycles. The molecule has 0 unspecified atom stereocenters. The number of carbonyl (C=O) groups excluding carboxylic acids is 2. The van der Waals surface area contributed by atoms with Crippen LogP contribution < -0.4 is 16.0 Å². The third-order valence-corrected chi connectivity index (χ3v) is 5.39.